The highest BCUT2D eigenvalue weighted by atomic mass is 16.6. The van der Waals surface area contributed by atoms with E-state index in [1.165, 1.54) is 6.08 Å². The maximum absolute atomic E-state index is 14.2. The third kappa shape index (κ3) is 3.84. The quantitative estimate of drug-likeness (QED) is 0.262. The molecule has 246 valence electrons. The van der Waals surface area contributed by atoms with E-state index in [-0.39, 0.29) is 61.4 Å². The summed E-state index contributed by atoms with van der Waals surface area (Å²) >= 11 is 0. The zero-order chi connectivity index (χ0) is 31.9. The first-order valence-corrected chi connectivity index (χ1v) is 16.5. The Bertz CT molecular complexity index is 1370. The van der Waals surface area contributed by atoms with Crippen LogP contribution in [0, 0.1) is 35.0 Å². The van der Waals surface area contributed by atoms with Crippen LogP contribution < -0.4 is 0 Å². The highest BCUT2D eigenvalue weighted by molar-refractivity contribution is 5.93. The van der Waals surface area contributed by atoms with Gasteiger partial charge in [0.2, 0.25) is 0 Å². The fraction of sp³-hybridized carbons (Fsp3) is 0.714. The molecule has 1 aliphatic heterocycles. The van der Waals surface area contributed by atoms with Crippen LogP contribution in [0.4, 0.5) is 0 Å². The van der Waals surface area contributed by atoms with E-state index in [4.69, 9.17) is 18.9 Å². The van der Waals surface area contributed by atoms with Crippen molar-refractivity contribution in [3.05, 3.63) is 48.0 Å². The first-order valence-electron chi connectivity index (χ1n) is 16.5. The Kier molecular flexibility index (Phi) is 7.54. The predicted molar refractivity (Wildman–Crippen MR) is 162 cm³/mol. The number of carbonyl (C=O) groups is 2. The smallest absolute Gasteiger partial charge is 0.339 e. The van der Waals surface area contributed by atoms with Crippen LogP contribution in [0.3, 0.4) is 0 Å². The number of hydrogen-bond acceptors (Lipinski definition) is 10. The molecule has 1 heterocycles. The van der Waals surface area contributed by atoms with E-state index in [1.807, 2.05) is 0 Å². The number of benzene rings is 1. The van der Waals surface area contributed by atoms with Crippen LogP contribution in [0.1, 0.15) is 54.9 Å². The minimum atomic E-state index is -1.52. The molecule has 6 fully saturated rings. The van der Waals surface area contributed by atoms with Crippen molar-refractivity contribution in [2.75, 3.05) is 40.5 Å². The number of carbonyl (C=O) groups excluding carboxylic acids is 2. The lowest BCUT2D eigenvalue weighted by atomic mass is 9.42. The Morgan fingerprint density at radius 2 is 1.91 bits per heavy atom. The topological polar surface area (TPSA) is 135 Å². The van der Waals surface area contributed by atoms with Gasteiger partial charge in [0.25, 0.3) is 0 Å². The molecular formula is C35H47NO9. The summed E-state index contributed by atoms with van der Waals surface area (Å²) in [4.78, 5) is 29.1. The number of nitrogens with zero attached hydrogens (tertiary/aromatic N) is 1. The molecule has 5 aliphatic carbocycles. The number of rotatable bonds is 10. The largest absolute Gasteiger partial charge is 0.461 e. The van der Waals surface area contributed by atoms with E-state index < -0.39 is 40.3 Å². The molecule has 0 amide bonds. The summed E-state index contributed by atoms with van der Waals surface area (Å²) in [6.07, 6.45) is 3.25. The van der Waals surface area contributed by atoms with Crippen LogP contribution in [-0.2, 0) is 30.2 Å². The van der Waals surface area contributed by atoms with E-state index in [2.05, 4.69) is 18.4 Å². The minimum absolute atomic E-state index is 0.0437. The molecule has 5 saturated carbocycles. The number of aliphatic hydroxyl groups excluding tert-OH is 1. The summed E-state index contributed by atoms with van der Waals surface area (Å²) < 4.78 is 23.9. The molecule has 1 saturated heterocycles. The third-order valence-corrected chi connectivity index (χ3v) is 13.3. The van der Waals surface area contributed by atoms with Crippen molar-refractivity contribution in [2.45, 2.75) is 80.5 Å². The number of methoxy groups -OCH3 is 2. The van der Waals surface area contributed by atoms with Gasteiger partial charge in [0.15, 0.2) is 0 Å². The molecule has 7 bridgehead atoms. The maximum Gasteiger partial charge on any atom is 0.339 e. The number of hydrogen-bond donors (Lipinski definition) is 3. The van der Waals surface area contributed by atoms with Gasteiger partial charge in [0, 0.05) is 68.9 Å². The van der Waals surface area contributed by atoms with E-state index in [0.717, 1.165) is 0 Å². The van der Waals surface area contributed by atoms with Crippen molar-refractivity contribution in [3.8, 4) is 0 Å². The fourth-order valence-electron chi connectivity index (χ4n) is 12.0. The first-order chi connectivity index (χ1) is 21.6. The molecule has 10 heteroatoms. The summed E-state index contributed by atoms with van der Waals surface area (Å²) in [5.74, 6) is -2.07. The molecular weight excluding hydrogens is 578 g/mol. The average Bonchev–Trinajstić information content (AvgIpc) is 3.46. The average molecular weight is 626 g/mol. The van der Waals surface area contributed by atoms with Gasteiger partial charge in [0.1, 0.15) is 23.4 Å². The zero-order valence-electron chi connectivity index (χ0n) is 26.5. The SMILES string of the molecule is C=CCOC(=O)Cc1ccccc1C(=O)O[C@@]12CC[C@H](CO)[C@]34C([C@H](CC13)[C@@]1(O)C[C@H](OC)[C@H]3CC4[C@]1(O)[C@H]3OC)N(CC)C2. The molecule has 7 rings (SSSR count). The van der Waals surface area contributed by atoms with E-state index in [9.17, 15) is 24.9 Å². The predicted octanol–water partition coefficient (Wildman–Crippen LogP) is 2.13. The monoisotopic (exact) mass is 625 g/mol. The molecule has 1 aromatic rings. The first kappa shape index (κ1) is 31.3. The van der Waals surface area contributed by atoms with Gasteiger partial charge in [-0.1, -0.05) is 37.8 Å². The van der Waals surface area contributed by atoms with Gasteiger partial charge in [-0.3, -0.25) is 9.69 Å². The highest BCUT2D eigenvalue weighted by Crippen LogP contribution is 2.80. The second-order valence-corrected chi connectivity index (χ2v) is 14.4. The van der Waals surface area contributed by atoms with Gasteiger partial charge in [-0.15, -0.1) is 0 Å². The van der Waals surface area contributed by atoms with Crippen molar-refractivity contribution < 1.29 is 43.9 Å². The highest BCUT2D eigenvalue weighted by Gasteiger charge is 2.88. The Morgan fingerprint density at radius 3 is 2.60 bits per heavy atom. The number of ether oxygens (including phenoxy) is 4. The number of likely N-dealkylation sites (tertiary alicyclic amines) is 1. The lowest BCUT2D eigenvalue weighted by Crippen LogP contribution is -2.82. The third-order valence-electron chi connectivity index (χ3n) is 13.3. The summed E-state index contributed by atoms with van der Waals surface area (Å²) in [6, 6.07) is 6.88. The van der Waals surface area contributed by atoms with Gasteiger partial charge in [-0.2, -0.15) is 0 Å². The number of aliphatic hydroxyl groups is 3. The number of esters is 2. The maximum atomic E-state index is 14.2. The standard InChI is InChI=1S/C35H47NO9/c1-5-13-44-28(38)14-20-9-7-8-10-22(20)31(39)45-32-12-11-21(18-37)34-26(32)16-24(29(34)36(6-2)19-32)33(40)17-25(42-3)23-15-27(34)35(33,41)30(23)43-4/h5,7-10,21,23-27,29-30,37,40-41H,1,6,11-19H2,2-4H3/t21-,23-,24+,25+,26?,27?,29?,30+,32-,33+,34+,35+/m1/s1. The van der Waals surface area contributed by atoms with Gasteiger partial charge < -0.3 is 34.3 Å². The lowest BCUT2D eigenvalue weighted by Gasteiger charge is -2.71. The van der Waals surface area contributed by atoms with E-state index in [0.29, 0.717) is 56.3 Å². The summed E-state index contributed by atoms with van der Waals surface area (Å²) in [5, 5.41) is 36.7. The Hall–Kier alpha value is -2.34. The second-order valence-electron chi connectivity index (χ2n) is 14.4. The van der Waals surface area contributed by atoms with Gasteiger partial charge >= 0.3 is 11.9 Å². The second kappa shape index (κ2) is 10.9. The van der Waals surface area contributed by atoms with Gasteiger partial charge in [-0.25, -0.2) is 4.79 Å². The minimum Gasteiger partial charge on any atom is -0.461 e. The van der Waals surface area contributed by atoms with Crippen molar-refractivity contribution >= 4 is 11.9 Å². The lowest BCUT2D eigenvalue weighted by molar-refractivity contribution is -0.333. The van der Waals surface area contributed by atoms with Crippen molar-refractivity contribution in [3.63, 3.8) is 0 Å². The Labute approximate surface area is 264 Å². The molecule has 1 aromatic carbocycles. The van der Waals surface area contributed by atoms with Crippen LogP contribution in [0.15, 0.2) is 36.9 Å². The van der Waals surface area contributed by atoms with Crippen LogP contribution in [-0.4, -0.2) is 108 Å². The summed E-state index contributed by atoms with van der Waals surface area (Å²) in [6.45, 7) is 6.91. The number of likely N-dealkylation sites (N-methyl/N-ethyl adjacent to an activating group) is 1. The van der Waals surface area contributed by atoms with Crippen LogP contribution in [0.2, 0.25) is 0 Å². The molecule has 6 aliphatic rings. The van der Waals surface area contributed by atoms with Gasteiger partial charge in [-0.05, 0) is 49.8 Å². The Morgan fingerprint density at radius 1 is 1.13 bits per heavy atom. The zero-order valence-corrected chi connectivity index (χ0v) is 26.5. The fourth-order valence-corrected chi connectivity index (χ4v) is 12.0. The molecule has 3 unspecified atom stereocenters. The molecule has 45 heavy (non-hydrogen) atoms. The van der Waals surface area contributed by atoms with Crippen molar-refractivity contribution in [1.29, 1.82) is 0 Å². The molecule has 0 radical (unpaired) electrons. The normalized spacial score (nSPS) is 45.6. The number of fused-ring (bicyclic) bond motifs is 2. The Balaban J connectivity index is 1.32. The summed E-state index contributed by atoms with van der Waals surface area (Å²) in [5.41, 5.74) is -3.63. The molecule has 1 spiro atoms. The van der Waals surface area contributed by atoms with Crippen molar-refractivity contribution in [2.24, 2.45) is 35.0 Å². The van der Waals surface area contributed by atoms with Crippen LogP contribution in [0.25, 0.3) is 0 Å². The van der Waals surface area contributed by atoms with E-state index >= 15 is 0 Å². The molecule has 3 N–H and O–H groups in total. The molecule has 0 aromatic heterocycles. The van der Waals surface area contributed by atoms with Crippen LogP contribution >= 0.6 is 0 Å². The summed E-state index contributed by atoms with van der Waals surface area (Å²) in [7, 11) is 3.27. The van der Waals surface area contributed by atoms with Gasteiger partial charge in [0.05, 0.1) is 24.2 Å². The number of piperidine rings is 1. The molecule has 12 atom stereocenters. The van der Waals surface area contributed by atoms with Crippen molar-refractivity contribution in [1.82, 2.24) is 4.90 Å². The molecule has 10 nitrogen and oxygen atoms in total. The van der Waals surface area contributed by atoms with E-state index in [1.54, 1.807) is 38.5 Å². The van der Waals surface area contributed by atoms with Crippen LogP contribution in [0.5, 0.6) is 0 Å².